The topological polar surface area (TPSA) is 99.4 Å². The van der Waals surface area contributed by atoms with Crippen LogP contribution in [-0.2, 0) is 22.7 Å². The molecular weight excluding hydrogens is 374 g/mol. The Morgan fingerprint density at radius 3 is 1.61 bits per heavy atom. The average Bonchev–Trinajstić information content (AvgIpc) is 2.70. The maximum Gasteiger partial charge on any atom is 0.381 e. The summed E-state index contributed by atoms with van der Waals surface area (Å²) in [5, 5.41) is 38.3. The molecule has 0 amide bonds. The largest absolute Gasteiger partial charge is 0.394 e. The third-order valence-corrected chi connectivity index (χ3v) is 4.13. The van der Waals surface area contributed by atoms with Crippen LogP contribution in [0, 0.1) is 0 Å². The van der Waals surface area contributed by atoms with Gasteiger partial charge in [-0.1, -0.05) is 60.7 Å². The number of hydrogen-bond acceptors (Lipinski definition) is 6. The van der Waals surface area contributed by atoms with E-state index in [1.165, 1.54) is 0 Å². The Balaban J connectivity index is 2.20. The van der Waals surface area contributed by atoms with Gasteiger partial charge in [0.15, 0.2) is 6.10 Å². The van der Waals surface area contributed by atoms with Crippen molar-refractivity contribution < 1.29 is 38.7 Å². The summed E-state index contributed by atoms with van der Waals surface area (Å²) in [5.74, 6) is 0. The van der Waals surface area contributed by atoms with Crippen LogP contribution in [0.15, 0.2) is 60.7 Å². The highest BCUT2D eigenvalue weighted by Crippen LogP contribution is 2.25. The SMILES string of the molecule is OC[C@@H](O)[C@@H](OCc1ccccc1)[C@H](OCc1ccccc1)[C@@H](O)C(O)(F)F. The first-order valence-corrected chi connectivity index (χ1v) is 8.71. The van der Waals surface area contributed by atoms with Crippen molar-refractivity contribution >= 4 is 0 Å². The standard InChI is InChI=1S/C20H24F2O6/c21-20(22,26)19(25)18(28-13-15-9-5-2-6-10-15)17(16(24)11-23)27-12-14-7-3-1-4-8-14/h1-10,16-19,23-26H,11-13H2/t16-,17-,18+,19-/m1/s1. The first-order valence-electron chi connectivity index (χ1n) is 8.71. The van der Waals surface area contributed by atoms with Gasteiger partial charge in [0, 0.05) is 0 Å². The van der Waals surface area contributed by atoms with Crippen LogP contribution in [0.4, 0.5) is 8.78 Å². The maximum atomic E-state index is 13.4. The van der Waals surface area contributed by atoms with Crippen molar-refractivity contribution in [3.05, 3.63) is 71.8 Å². The number of halogens is 2. The van der Waals surface area contributed by atoms with E-state index in [1.54, 1.807) is 60.7 Å². The van der Waals surface area contributed by atoms with Gasteiger partial charge >= 0.3 is 6.11 Å². The molecule has 0 heterocycles. The van der Waals surface area contributed by atoms with Gasteiger partial charge in [-0.05, 0) is 11.1 Å². The first kappa shape index (κ1) is 22.4. The molecule has 0 bridgehead atoms. The Morgan fingerprint density at radius 1 is 0.786 bits per heavy atom. The molecule has 0 aliphatic heterocycles. The predicted octanol–water partition coefficient (Wildman–Crippen LogP) is 1.46. The van der Waals surface area contributed by atoms with Crippen molar-refractivity contribution in [3.63, 3.8) is 0 Å². The summed E-state index contributed by atoms with van der Waals surface area (Å²) in [6.45, 7) is -1.08. The fourth-order valence-electron chi connectivity index (χ4n) is 2.63. The van der Waals surface area contributed by atoms with E-state index in [2.05, 4.69) is 0 Å². The molecule has 2 rings (SSSR count). The maximum absolute atomic E-state index is 13.4. The van der Waals surface area contributed by atoms with Gasteiger partial charge in [-0.15, -0.1) is 0 Å². The molecule has 6 nitrogen and oxygen atoms in total. The second-order valence-electron chi connectivity index (χ2n) is 6.30. The zero-order chi connectivity index (χ0) is 20.6. The van der Waals surface area contributed by atoms with Crippen molar-refractivity contribution in [3.8, 4) is 0 Å². The minimum absolute atomic E-state index is 0.0858. The summed E-state index contributed by atoms with van der Waals surface area (Å²) >= 11 is 0. The summed E-state index contributed by atoms with van der Waals surface area (Å²) < 4.78 is 37.7. The molecule has 0 aliphatic rings. The molecule has 8 heteroatoms. The van der Waals surface area contributed by atoms with Gasteiger partial charge in [-0.3, -0.25) is 0 Å². The van der Waals surface area contributed by atoms with E-state index in [-0.39, 0.29) is 13.2 Å². The molecule has 0 aliphatic carbocycles. The average molecular weight is 398 g/mol. The fraction of sp³-hybridized carbons (Fsp3) is 0.400. The number of rotatable bonds is 11. The second-order valence-corrected chi connectivity index (χ2v) is 6.30. The number of hydrogen-bond donors (Lipinski definition) is 4. The molecule has 0 saturated carbocycles. The minimum atomic E-state index is -4.50. The molecule has 0 fully saturated rings. The molecule has 0 radical (unpaired) electrons. The van der Waals surface area contributed by atoms with Crippen LogP contribution in [0.1, 0.15) is 11.1 Å². The van der Waals surface area contributed by atoms with E-state index < -0.39 is 37.1 Å². The van der Waals surface area contributed by atoms with Crippen LogP contribution in [0.3, 0.4) is 0 Å². The minimum Gasteiger partial charge on any atom is -0.394 e. The van der Waals surface area contributed by atoms with Gasteiger partial charge in [0.2, 0.25) is 0 Å². The highest BCUT2D eigenvalue weighted by Gasteiger charge is 2.47. The number of alkyl halides is 2. The van der Waals surface area contributed by atoms with Gasteiger partial charge in [0.25, 0.3) is 0 Å². The lowest BCUT2D eigenvalue weighted by Gasteiger charge is -2.34. The van der Waals surface area contributed by atoms with Crippen LogP contribution in [0.25, 0.3) is 0 Å². The Morgan fingerprint density at radius 2 is 1.21 bits per heavy atom. The molecule has 28 heavy (non-hydrogen) atoms. The number of ether oxygens (including phenoxy) is 2. The monoisotopic (exact) mass is 398 g/mol. The van der Waals surface area contributed by atoms with E-state index in [0.29, 0.717) is 11.1 Å². The Hall–Kier alpha value is -1.94. The lowest BCUT2D eigenvalue weighted by atomic mass is 10.0. The lowest BCUT2D eigenvalue weighted by molar-refractivity contribution is -0.300. The Bertz CT molecular complexity index is 680. The van der Waals surface area contributed by atoms with Crippen molar-refractivity contribution in [1.29, 1.82) is 0 Å². The van der Waals surface area contributed by atoms with E-state index >= 15 is 0 Å². The molecule has 2 aromatic carbocycles. The van der Waals surface area contributed by atoms with Crippen LogP contribution in [-0.4, -0.2) is 57.6 Å². The Kier molecular flexibility index (Phi) is 8.43. The van der Waals surface area contributed by atoms with E-state index in [1.807, 2.05) is 0 Å². The van der Waals surface area contributed by atoms with Gasteiger partial charge in [-0.25, -0.2) is 0 Å². The predicted molar refractivity (Wildman–Crippen MR) is 96.3 cm³/mol. The third-order valence-electron chi connectivity index (χ3n) is 4.13. The van der Waals surface area contributed by atoms with Gasteiger partial charge in [0.1, 0.15) is 18.3 Å². The molecule has 0 saturated heterocycles. The van der Waals surface area contributed by atoms with Gasteiger partial charge in [-0.2, -0.15) is 8.78 Å². The smallest absolute Gasteiger partial charge is 0.381 e. The summed E-state index contributed by atoms with van der Waals surface area (Å²) in [6.07, 6.45) is -12.1. The molecule has 4 atom stereocenters. The molecular formula is C20H24F2O6. The van der Waals surface area contributed by atoms with Gasteiger partial charge < -0.3 is 29.9 Å². The summed E-state index contributed by atoms with van der Waals surface area (Å²) in [5.41, 5.74) is 1.31. The number of benzene rings is 2. The number of aliphatic hydroxyl groups excluding tert-OH is 3. The van der Waals surface area contributed by atoms with Crippen LogP contribution >= 0.6 is 0 Å². The normalized spacial score (nSPS) is 16.4. The molecule has 2 aromatic rings. The molecule has 0 unspecified atom stereocenters. The van der Waals surface area contributed by atoms with E-state index in [0.717, 1.165) is 0 Å². The summed E-state index contributed by atoms with van der Waals surface area (Å²) in [4.78, 5) is 0. The van der Waals surface area contributed by atoms with Crippen molar-refractivity contribution in [2.75, 3.05) is 6.61 Å². The molecule has 0 spiro atoms. The lowest BCUT2D eigenvalue weighted by Crippen LogP contribution is -2.54. The van der Waals surface area contributed by atoms with Crippen molar-refractivity contribution in [2.24, 2.45) is 0 Å². The van der Waals surface area contributed by atoms with E-state index in [9.17, 15) is 24.1 Å². The zero-order valence-electron chi connectivity index (χ0n) is 15.1. The van der Waals surface area contributed by atoms with Crippen molar-refractivity contribution in [1.82, 2.24) is 0 Å². The number of aliphatic hydroxyl groups is 4. The molecule has 154 valence electrons. The Labute approximate surface area is 161 Å². The van der Waals surface area contributed by atoms with Gasteiger partial charge in [0.05, 0.1) is 19.8 Å². The summed E-state index contributed by atoms with van der Waals surface area (Å²) in [7, 11) is 0. The van der Waals surface area contributed by atoms with E-state index in [4.69, 9.17) is 14.6 Å². The highest BCUT2D eigenvalue weighted by atomic mass is 19.3. The van der Waals surface area contributed by atoms with Crippen LogP contribution in [0.5, 0.6) is 0 Å². The van der Waals surface area contributed by atoms with Crippen LogP contribution < -0.4 is 0 Å². The van der Waals surface area contributed by atoms with Crippen LogP contribution in [0.2, 0.25) is 0 Å². The first-order chi connectivity index (χ1) is 13.3. The second kappa shape index (κ2) is 10.6. The molecule has 0 aromatic heterocycles. The third kappa shape index (κ3) is 6.59. The quantitative estimate of drug-likeness (QED) is 0.457. The zero-order valence-corrected chi connectivity index (χ0v) is 15.1. The van der Waals surface area contributed by atoms with Crippen molar-refractivity contribution in [2.45, 2.75) is 43.7 Å². The molecule has 4 N–H and O–H groups in total. The fourth-order valence-corrected chi connectivity index (χ4v) is 2.63. The summed E-state index contributed by atoms with van der Waals surface area (Å²) in [6, 6.07) is 17.3. The highest BCUT2D eigenvalue weighted by molar-refractivity contribution is 5.14.